The first kappa shape index (κ1) is 33.2. The maximum atomic E-state index is 17.2. The van der Waals surface area contributed by atoms with E-state index in [1.165, 1.54) is 0 Å². The molecule has 0 aromatic heterocycles. The van der Waals surface area contributed by atoms with E-state index in [9.17, 15) is 15.8 Å². The number of hydrogen-bond donors (Lipinski definition) is 0. The van der Waals surface area contributed by atoms with Gasteiger partial charge in [-0.05, 0) is 27.8 Å². The summed E-state index contributed by atoms with van der Waals surface area (Å²) in [7, 11) is -3.50. The fourth-order valence-electron chi connectivity index (χ4n) is 6.17. The standard InChI is InChI=1S/C38H26F2N6Si2/c1-44-26(19-42)31-28(21-10-14-23(15-11-21)47(4,5)6)25(18-41)30-33(31)37(40)35-34(36(30)39)32(27(20-43)45-2)29(38(35)46-3)22-12-16-24(17-13-22)48(7,8)9/h10-17H,4-9H3/b31-26-,32-27+. The van der Waals surface area contributed by atoms with E-state index in [0.29, 0.717) is 11.1 Å². The number of halogens is 2. The van der Waals surface area contributed by atoms with E-state index in [2.05, 4.69) is 53.8 Å². The minimum Gasteiger partial charge on any atom is -0.237 e. The Bertz CT molecular complexity index is 2160. The summed E-state index contributed by atoms with van der Waals surface area (Å²) in [5.74, 6) is -2.23. The average Bonchev–Trinajstić information content (AvgIpc) is 3.59. The van der Waals surface area contributed by atoms with Gasteiger partial charge in [0.25, 0.3) is 11.4 Å². The summed E-state index contributed by atoms with van der Waals surface area (Å²) in [5.41, 5.74) is -3.29. The lowest BCUT2D eigenvalue weighted by molar-refractivity contribution is 0.590. The Kier molecular flexibility index (Phi) is 8.23. The van der Waals surface area contributed by atoms with E-state index in [1.54, 1.807) is 36.4 Å². The Labute approximate surface area is 280 Å². The van der Waals surface area contributed by atoms with Crippen molar-refractivity contribution in [3.63, 3.8) is 0 Å². The highest BCUT2D eigenvalue weighted by atomic mass is 28.3. The molecule has 0 unspecified atom stereocenters. The van der Waals surface area contributed by atoms with Gasteiger partial charge in [-0.1, -0.05) is 98.2 Å². The highest BCUT2D eigenvalue weighted by Crippen LogP contribution is 2.57. The molecule has 230 valence electrons. The van der Waals surface area contributed by atoms with E-state index in [1.807, 2.05) is 30.3 Å². The molecule has 3 aromatic carbocycles. The van der Waals surface area contributed by atoms with E-state index in [4.69, 9.17) is 19.7 Å². The molecule has 2 aliphatic carbocycles. The topological polar surface area (TPSA) is 84.4 Å². The van der Waals surface area contributed by atoms with Crippen LogP contribution in [0.1, 0.15) is 33.4 Å². The van der Waals surface area contributed by atoms with Gasteiger partial charge >= 0.3 is 0 Å². The zero-order chi connectivity index (χ0) is 35.3. The zero-order valence-corrected chi connectivity index (χ0v) is 29.1. The monoisotopic (exact) mass is 660 g/mol. The molecular weight excluding hydrogens is 635 g/mol. The number of benzene rings is 3. The molecule has 0 saturated heterocycles. The van der Waals surface area contributed by atoms with Crippen LogP contribution in [0, 0.1) is 65.3 Å². The van der Waals surface area contributed by atoms with Crippen molar-refractivity contribution < 1.29 is 8.78 Å². The van der Waals surface area contributed by atoms with Crippen LogP contribution in [0.15, 0.2) is 59.9 Å². The summed E-state index contributed by atoms with van der Waals surface area (Å²) >= 11 is 0. The van der Waals surface area contributed by atoms with Gasteiger partial charge in [-0.2, -0.15) is 5.26 Å². The number of hydrogen-bond acceptors (Lipinski definition) is 3. The average molecular weight is 661 g/mol. The van der Waals surface area contributed by atoms with Gasteiger partial charge in [0.1, 0.15) is 17.7 Å². The van der Waals surface area contributed by atoms with Crippen molar-refractivity contribution >= 4 is 60.1 Å². The van der Waals surface area contributed by atoms with Gasteiger partial charge in [0.05, 0.1) is 53.6 Å². The summed E-state index contributed by atoms with van der Waals surface area (Å²) in [6.07, 6.45) is 0. The van der Waals surface area contributed by atoms with Gasteiger partial charge in [0.15, 0.2) is 0 Å². The Hall–Kier alpha value is -6.15. The van der Waals surface area contributed by atoms with Crippen LogP contribution >= 0.6 is 0 Å². The number of fused-ring (bicyclic) bond motifs is 2. The van der Waals surface area contributed by atoms with Crippen molar-refractivity contribution in [1.29, 1.82) is 15.8 Å². The van der Waals surface area contributed by atoms with Crippen LogP contribution in [0.4, 0.5) is 8.78 Å². The fourth-order valence-corrected chi connectivity index (χ4v) is 8.51. The van der Waals surface area contributed by atoms with E-state index in [0.717, 1.165) is 10.4 Å². The molecule has 0 heterocycles. The minimum absolute atomic E-state index is 0.0235. The second-order valence-electron chi connectivity index (χ2n) is 13.4. The third-order valence-electron chi connectivity index (χ3n) is 8.56. The van der Waals surface area contributed by atoms with Gasteiger partial charge in [-0.15, -0.1) is 0 Å². The lowest BCUT2D eigenvalue weighted by Gasteiger charge is -2.18. The van der Waals surface area contributed by atoms with Crippen LogP contribution in [0.2, 0.25) is 39.3 Å². The van der Waals surface area contributed by atoms with E-state index in [-0.39, 0.29) is 33.6 Å². The molecule has 6 nitrogen and oxygen atoms in total. The lowest BCUT2D eigenvalue weighted by atomic mass is 9.90. The molecule has 0 atom stereocenters. The van der Waals surface area contributed by atoms with Crippen molar-refractivity contribution in [3.05, 3.63) is 139 Å². The van der Waals surface area contributed by atoms with Crippen molar-refractivity contribution in [2.45, 2.75) is 39.3 Å². The summed E-state index contributed by atoms with van der Waals surface area (Å²) < 4.78 is 34.5. The van der Waals surface area contributed by atoms with Crippen molar-refractivity contribution in [3.8, 4) is 18.2 Å². The van der Waals surface area contributed by atoms with Crippen molar-refractivity contribution in [2.75, 3.05) is 0 Å². The highest BCUT2D eigenvalue weighted by Gasteiger charge is 2.43. The molecule has 0 saturated carbocycles. The molecule has 0 bridgehead atoms. The SMILES string of the molecule is [C-]#[N+]C1=C(c2ccc([Si](C)(C)C)cc2)/C(=C(/C#N)[N+]#[C-])c2c(F)c3c(c(F)c21)/C(=C(/C#N)[N+]#[C-])C(c1ccc([Si](C)(C)C)cc1)=C3C#N. The van der Waals surface area contributed by atoms with Gasteiger partial charge in [-0.3, -0.25) is 0 Å². The van der Waals surface area contributed by atoms with Gasteiger partial charge in [0, 0.05) is 27.8 Å². The Balaban J connectivity index is 1.94. The second-order valence-corrected chi connectivity index (χ2v) is 23.5. The fraction of sp³-hybridized carbons (Fsp3) is 0.158. The van der Waals surface area contributed by atoms with Crippen LogP contribution in [-0.4, -0.2) is 16.1 Å². The van der Waals surface area contributed by atoms with Crippen LogP contribution in [0.25, 0.3) is 48.1 Å². The highest BCUT2D eigenvalue weighted by molar-refractivity contribution is 6.89. The first-order valence-corrected chi connectivity index (χ1v) is 21.8. The molecule has 10 heteroatoms. The lowest BCUT2D eigenvalue weighted by Crippen LogP contribution is -2.37. The largest absolute Gasteiger partial charge is 0.270 e. The summed E-state index contributed by atoms with van der Waals surface area (Å²) in [6.45, 7) is 36.5. The molecule has 2 aliphatic rings. The van der Waals surface area contributed by atoms with Crippen LogP contribution < -0.4 is 10.4 Å². The molecule has 0 fully saturated rings. The molecule has 0 aliphatic heterocycles. The van der Waals surface area contributed by atoms with Crippen molar-refractivity contribution in [2.24, 2.45) is 0 Å². The molecule has 48 heavy (non-hydrogen) atoms. The predicted molar refractivity (Wildman–Crippen MR) is 189 cm³/mol. The van der Waals surface area contributed by atoms with Crippen molar-refractivity contribution in [1.82, 2.24) is 0 Å². The second kappa shape index (κ2) is 11.9. The maximum Gasteiger partial charge on any atom is 0.270 e. The van der Waals surface area contributed by atoms with Gasteiger partial charge in [0.2, 0.25) is 5.70 Å². The minimum atomic E-state index is -1.75. The van der Waals surface area contributed by atoms with E-state index < -0.39 is 61.4 Å². The molecule has 0 amide bonds. The molecule has 5 rings (SSSR count). The molecule has 0 N–H and O–H groups in total. The molecule has 0 spiro atoms. The molecule has 3 aromatic rings. The third kappa shape index (κ3) is 4.99. The van der Waals surface area contributed by atoms with Crippen LogP contribution in [0.3, 0.4) is 0 Å². The smallest absolute Gasteiger partial charge is 0.237 e. The van der Waals surface area contributed by atoms with Crippen LogP contribution in [-0.2, 0) is 0 Å². The number of allylic oxidation sites excluding steroid dienone is 7. The van der Waals surface area contributed by atoms with E-state index >= 15 is 8.78 Å². The Morgan fingerprint density at radius 1 is 0.604 bits per heavy atom. The van der Waals surface area contributed by atoms with Gasteiger partial charge in [-0.25, -0.2) is 33.8 Å². The number of nitriles is 3. The normalized spacial score (nSPS) is 15.7. The first-order chi connectivity index (χ1) is 22.7. The quantitative estimate of drug-likeness (QED) is 0.160. The Morgan fingerprint density at radius 3 is 1.38 bits per heavy atom. The Morgan fingerprint density at radius 2 is 1.00 bits per heavy atom. The zero-order valence-electron chi connectivity index (χ0n) is 27.1. The molecular formula is C38H26F2N6Si2. The summed E-state index contributed by atoms with van der Waals surface area (Å²) in [6, 6.07) is 19.9. The van der Waals surface area contributed by atoms with Crippen LogP contribution in [0.5, 0.6) is 0 Å². The van der Waals surface area contributed by atoms with Gasteiger partial charge < -0.3 is 0 Å². The summed E-state index contributed by atoms with van der Waals surface area (Å²) in [4.78, 5) is 10.3. The third-order valence-corrected chi connectivity index (χ3v) is 12.7. The first-order valence-electron chi connectivity index (χ1n) is 14.8. The summed E-state index contributed by atoms with van der Waals surface area (Å²) in [5, 5.41) is 32.7. The predicted octanol–water partition coefficient (Wildman–Crippen LogP) is 8.61. The molecule has 0 radical (unpaired) electrons. The number of rotatable bonds is 4. The maximum absolute atomic E-state index is 17.2. The number of nitrogens with zero attached hydrogens (tertiary/aromatic N) is 6.